The molecule has 0 radical (unpaired) electrons. The summed E-state index contributed by atoms with van der Waals surface area (Å²) in [5, 5.41) is 18.1. The summed E-state index contributed by atoms with van der Waals surface area (Å²) in [5.74, 6) is -0.810. The standard InChI is InChI=1S/C16H18N2O2/c1-4-16(19-10-15(2,3)11-20-16)14-6-5-12(8-17)13(7-14)9-18/h5-7H,4,10-11H2,1-3H3. The molecule has 0 N–H and O–H groups in total. The Morgan fingerprint density at radius 3 is 2.20 bits per heavy atom. The van der Waals surface area contributed by atoms with E-state index >= 15 is 0 Å². The fraction of sp³-hybridized carbons (Fsp3) is 0.500. The van der Waals surface area contributed by atoms with Crippen molar-refractivity contribution in [3.63, 3.8) is 0 Å². The van der Waals surface area contributed by atoms with E-state index in [1.165, 1.54) is 0 Å². The van der Waals surface area contributed by atoms with Gasteiger partial charge in [0.25, 0.3) is 0 Å². The highest BCUT2D eigenvalue weighted by Crippen LogP contribution is 2.39. The summed E-state index contributed by atoms with van der Waals surface area (Å²) in [4.78, 5) is 0. The molecule has 1 saturated heterocycles. The first-order valence-electron chi connectivity index (χ1n) is 6.69. The second-order valence-corrected chi connectivity index (χ2v) is 5.83. The number of nitriles is 2. The molecule has 2 rings (SSSR count). The largest absolute Gasteiger partial charge is 0.345 e. The van der Waals surface area contributed by atoms with E-state index in [9.17, 15) is 0 Å². The van der Waals surface area contributed by atoms with Gasteiger partial charge < -0.3 is 9.47 Å². The molecule has 0 spiro atoms. The van der Waals surface area contributed by atoms with Crippen LogP contribution in [0.4, 0.5) is 0 Å². The van der Waals surface area contributed by atoms with Crippen LogP contribution in [0.25, 0.3) is 0 Å². The van der Waals surface area contributed by atoms with Gasteiger partial charge in [0.15, 0.2) is 5.79 Å². The fourth-order valence-corrected chi connectivity index (χ4v) is 2.25. The third-order valence-electron chi connectivity index (χ3n) is 3.56. The molecule has 1 aromatic rings. The zero-order valence-electron chi connectivity index (χ0n) is 12.1. The molecule has 4 heteroatoms. The summed E-state index contributed by atoms with van der Waals surface area (Å²) in [6.07, 6.45) is 0.653. The molecule has 4 nitrogen and oxygen atoms in total. The highest BCUT2D eigenvalue weighted by atomic mass is 16.7. The average Bonchev–Trinajstić information content (AvgIpc) is 2.47. The molecule has 1 aliphatic rings. The van der Waals surface area contributed by atoms with Gasteiger partial charge in [0.05, 0.1) is 24.3 Å². The Bertz CT molecular complexity index is 583. The lowest BCUT2D eigenvalue weighted by Gasteiger charge is -2.43. The Balaban J connectivity index is 2.39. The van der Waals surface area contributed by atoms with Gasteiger partial charge in [0.2, 0.25) is 0 Å². The Labute approximate surface area is 119 Å². The number of ether oxygens (including phenoxy) is 2. The first-order chi connectivity index (χ1) is 9.46. The molecular weight excluding hydrogens is 252 g/mol. The van der Waals surface area contributed by atoms with Crippen molar-refractivity contribution in [2.24, 2.45) is 5.41 Å². The second-order valence-electron chi connectivity index (χ2n) is 5.83. The van der Waals surface area contributed by atoms with Crippen molar-refractivity contribution in [3.05, 3.63) is 34.9 Å². The number of hydrogen-bond donors (Lipinski definition) is 0. The van der Waals surface area contributed by atoms with Gasteiger partial charge in [-0.1, -0.05) is 26.8 Å². The van der Waals surface area contributed by atoms with Crippen molar-refractivity contribution in [2.75, 3.05) is 13.2 Å². The van der Waals surface area contributed by atoms with Crippen LogP contribution in [-0.4, -0.2) is 13.2 Å². The number of hydrogen-bond acceptors (Lipinski definition) is 4. The number of rotatable bonds is 2. The molecule has 0 unspecified atom stereocenters. The summed E-state index contributed by atoms with van der Waals surface area (Å²) in [5.41, 5.74) is 1.52. The Morgan fingerprint density at radius 2 is 1.70 bits per heavy atom. The fourth-order valence-electron chi connectivity index (χ4n) is 2.25. The van der Waals surface area contributed by atoms with E-state index in [1.807, 2.05) is 19.1 Å². The van der Waals surface area contributed by atoms with Crippen molar-refractivity contribution in [1.82, 2.24) is 0 Å². The van der Waals surface area contributed by atoms with Crippen LogP contribution in [0.15, 0.2) is 18.2 Å². The van der Waals surface area contributed by atoms with E-state index < -0.39 is 5.79 Å². The Kier molecular flexibility index (Phi) is 3.81. The minimum absolute atomic E-state index is 0.0106. The number of nitrogens with zero attached hydrogens (tertiary/aromatic N) is 2. The summed E-state index contributed by atoms with van der Waals surface area (Å²) in [7, 11) is 0. The quantitative estimate of drug-likeness (QED) is 0.828. The van der Waals surface area contributed by atoms with Crippen LogP contribution < -0.4 is 0 Å². The molecule has 20 heavy (non-hydrogen) atoms. The molecule has 0 aliphatic carbocycles. The monoisotopic (exact) mass is 270 g/mol. The van der Waals surface area contributed by atoms with Crippen molar-refractivity contribution in [2.45, 2.75) is 33.0 Å². The van der Waals surface area contributed by atoms with Gasteiger partial charge in [-0.05, 0) is 12.1 Å². The summed E-state index contributed by atoms with van der Waals surface area (Å²) in [6, 6.07) is 9.22. The zero-order valence-corrected chi connectivity index (χ0v) is 12.1. The van der Waals surface area contributed by atoms with Gasteiger partial charge >= 0.3 is 0 Å². The van der Waals surface area contributed by atoms with Gasteiger partial charge in [0.1, 0.15) is 12.1 Å². The third-order valence-corrected chi connectivity index (χ3v) is 3.56. The molecule has 0 aromatic heterocycles. The lowest BCUT2D eigenvalue weighted by Crippen LogP contribution is -2.45. The van der Waals surface area contributed by atoms with E-state index in [2.05, 4.69) is 13.8 Å². The SMILES string of the molecule is CCC1(c2ccc(C#N)c(C#N)c2)OCC(C)(C)CO1. The lowest BCUT2D eigenvalue weighted by molar-refractivity contribution is -0.309. The highest BCUT2D eigenvalue weighted by molar-refractivity contribution is 5.48. The van der Waals surface area contributed by atoms with E-state index in [4.69, 9.17) is 20.0 Å². The van der Waals surface area contributed by atoms with Crippen LogP contribution in [-0.2, 0) is 15.3 Å². The van der Waals surface area contributed by atoms with Gasteiger partial charge in [0, 0.05) is 17.4 Å². The van der Waals surface area contributed by atoms with Gasteiger partial charge in [-0.15, -0.1) is 0 Å². The van der Waals surface area contributed by atoms with E-state index in [-0.39, 0.29) is 5.41 Å². The maximum atomic E-state index is 9.13. The molecule has 0 atom stereocenters. The normalized spacial score (nSPS) is 19.9. The van der Waals surface area contributed by atoms with Crippen molar-refractivity contribution < 1.29 is 9.47 Å². The molecule has 0 bridgehead atoms. The van der Waals surface area contributed by atoms with Gasteiger partial charge in [-0.2, -0.15) is 10.5 Å². The smallest absolute Gasteiger partial charge is 0.194 e. The predicted molar refractivity (Wildman–Crippen MR) is 73.5 cm³/mol. The third kappa shape index (κ3) is 2.54. The highest BCUT2D eigenvalue weighted by Gasteiger charge is 2.41. The lowest BCUT2D eigenvalue weighted by atomic mass is 9.91. The van der Waals surface area contributed by atoms with Gasteiger partial charge in [-0.25, -0.2) is 0 Å². The van der Waals surface area contributed by atoms with Crippen LogP contribution in [0.2, 0.25) is 0 Å². The van der Waals surface area contributed by atoms with E-state index in [0.29, 0.717) is 30.8 Å². The predicted octanol–water partition coefficient (Wildman–Crippen LogP) is 3.07. The van der Waals surface area contributed by atoms with Crippen LogP contribution in [0.5, 0.6) is 0 Å². The molecule has 0 saturated carbocycles. The maximum Gasteiger partial charge on any atom is 0.194 e. The van der Waals surface area contributed by atoms with Crippen LogP contribution in [0.1, 0.15) is 43.9 Å². The first-order valence-corrected chi connectivity index (χ1v) is 6.69. The van der Waals surface area contributed by atoms with Crippen molar-refractivity contribution in [1.29, 1.82) is 10.5 Å². The molecule has 1 fully saturated rings. The van der Waals surface area contributed by atoms with E-state index in [1.54, 1.807) is 18.2 Å². The maximum absolute atomic E-state index is 9.13. The Hall–Kier alpha value is -1.88. The molecule has 104 valence electrons. The number of benzene rings is 1. The first kappa shape index (κ1) is 14.5. The van der Waals surface area contributed by atoms with Gasteiger partial charge in [-0.3, -0.25) is 0 Å². The van der Waals surface area contributed by atoms with E-state index in [0.717, 1.165) is 5.56 Å². The molecular formula is C16H18N2O2. The minimum atomic E-state index is -0.810. The Morgan fingerprint density at radius 1 is 1.10 bits per heavy atom. The topological polar surface area (TPSA) is 66.0 Å². The van der Waals surface area contributed by atoms with Crippen LogP contribution in [0.3, 0.4) is 0 Å². The summed E-state index contributed by atoms with van der Waals surface area (Å²) >= 11 is 0. The molecule has 1 aliphatic heterocycles. The zero-order chi connectivity index (χ0) is 14.8. The van der Waals surface area contributed by atoms with Crippen molar-refractivity contribution >= 4 is 0 Å². The summed E-state index contributed by atoms with van der Waals surface area (Å²) in [6.45, 7) is 7.37. The summed E-state index contributed by atoms with van der Waals surface area (Å²) < 4.78 is 11.9. The molecule has 0 amide bonds. The molecule has 1 aromatic carbocycles. The molecule has 1 heterocycles. The minimum Gasteiger partial charge on any atom is -0.345 e. The van der Waals surface area contributed by atoms with Crippen molar-refractivity contribution in [3.8, 4) is 12.1 Å². The van der Waals surface area contributed by atoms with Crippen LogP contribution >= 0.6 is 0 Å². The second kappa shape index (κ2) is 5.25. The average molecular weight is 270 g/mol. The van der Waals surface area contributed by atoms with Crippen LogP contribution in [0, 0.1) is 28.1 Å².